The lowest BCUT2D eigenvalue weighted by Gasteiger charge is -2.14. The summed E-state index contributed by atoms with van der Waals surface area (Å²) in [7, 11) is 0. The molecule has 2 aromatic rings. The average molecular weight is 384 g/mol. The van der Waals surface area contributed by atoms with Gasteiger partial charge in [-0.15, -0.1) is 0 Å². The lowest BCUT2D eigenvalue weighted by molar-refractivity contribution is -0.0459. The molecule has 0 radical (unpaired) electrons. The van der Waals surface area contributed by atoms with Crippen molar-refractivity contribution < 1.29 is 14.9 Å². The van der Waals surface area contributed by atoms with E-state index < -0.39 is 29.7 Å². The maximum atomic E-state index is 12.1. The molecule has 3 N–H and O–H groups in total. The van der Waals surface area contributed by atoms with Gasteiger partial charge in [-0.1, -0.05) is 37.3 Å². The molecule has 0 spiro atoms. The molecule has 7 nitrogen and oxygen atoms in total. The van der Waals surface area contributed by atoms with E-state index in [1.54, 1.807) is 0 Å². The second kappa shape index (κ2) is 9.02. The van der Waals surface area contributed by atoms with E-state index in [2.05, 4.69) is 23.7 Å². The second-order valence-corrected chi connectivity index (χ2v) is 6.87. The number of ether oxygens (including phenoxy) is 1. The van der Waals surface area contributed by atoms with Gasteiger partial charge in [-0.25, -0.2) is 4.79 Å². The third-order valence-electron chi connectivity index (χ3n) is 4.78. The Morgan fingerprint density at radius 1 is 1.25 bits per heavy atom. The Labute approximate surface area is 162 Å². The lowest BCUT2D eigenvalue weighted by Crippen LogP contribution is -2.33. The van der Waals surface area contributed by atoms with Crippen molar-refractivity contribution in [2.24, 2.45) is 0 Å². The minimum atomic E-state index is -0.880. The predicted molar refractivity (Wildman–Crippen MR) is 104 cm³/mol. The van der Waals surface area contributed by atoms with E-state index in [1.165, 1.54) is 16.3 Å². The Balaban J connectivity index is 1.83. The number of H-pyrrole nitrogens is 1. The van der Waals surface area contributed by atoms with Gasteiger partial charge in [0.15, 0.2) is 0 Å². The fraction of sp³-hybridized carbons (Fsp3) is 0.429. The number of nitrogens with zero attached hydrogens (tertiary/aromatic N) is 1. The Bertz CT molecular complexity index is 981. The van der Waals surface area contributed by atoms with Crippen LogP contribution in [0, 0.1) is 11.8 Å². The Hall–Kier alpha value is -2.66. The number of hydrogen-bond donors (Lipinski definition) is 3. The quantitative estimate of drug-likeness (QED) is 0.665. The molecular weight excluding hydrogens is 360 g/mol. The van der Waals surface area contributed by atoms with Gasteiger partial charge < -0.3 is 14.9 Å². The highest BCUT2D eigenvalue weighted by Gasteiger charge is 2.35. The monoisotopic (exact) mass is 384 g/mol. The van der Waals surface area contributed by atoms with E-state index in [-0.39, 0.29) is 18.6 Å². The van der Waals surface area contributed by atoms with Crippen molar-refractivity contribution >= 4 is 0 Å². The first kappa shape index (κ1) is 20.1. The summed E-state index contributed by atoms with van der Waals surface area (Å²) in [5.74, 6) is 5.73. The lowest BCUT2D eigenvalue weighted by atomic mass is 10.1. The van der Waals surface area contributed by atoms with Crippen LogP contribution in [-0.2, 0) is 11.2 Å². The normalized spacial score (nSPS) is 21.3. The zero-order chi connectivity index (χ0) is 20.1. The zero-order valence-corrected chi connectivity index (χ0v) is 15.7. The number of aryl methyl sites for hydroxylation is 1. The van der Waals surface area contributed by atoms with Crippen molar-refractivity contribution in [2.75, 3.05) is 6.61 Å². The van der Waals surface area contributed by atoms with Crippen molar-refractivity contribution in [1.82, 2.24) is 9.55 Å². The van der Waals surface area contributed by atoms with Crippen LogP contribution in [0.3, 0.4) is 0 Å². The van der Waals surface area contributed by atoms with Crippen molar-refractivity contribution in [3.63, 3.8) is 0 Å². The number of aliphatic hydroxyl groups excluding tert-OH is 2. The maximum absolute atomic E-state index is 12.1. The summed E-state index contributed by atoms with van der Waals surface area (Å²) in [6, 6.07) is 7.86. The van der Waals surface area contributed by atoms with Crippen LogP contribution in [0.4, 0.5) is 0 Å². The number of aliphatic hydroxyl groups is 2. The van der Waals surface area contributed by atoms with Crippen LogP contribution in [0.5, 0.6) is 0 Å². The molecule has 0 aliphatic carbocycles. The van der Waals surface area contributed by atoms with Crippen LogP contribution < -0.4 is 11.2 Å². The summed E-state index contributed by atoms with van der Waals surface area (Å²) < 4.78 is 6.68. The summed E-state index contributed by atoms with van der Waals surface area (Å²) in [6.07, 6.45) is 2.37. The fourth-order valence-electron chi connectivity index (χ4n) is 3.11. The minimum absolute atomic E-state index is 0.125. The number of aromatic amines is 1. The number of benzene rings is 1. The van der Waals surface area contributed by atoms with Gasteiger partial charge in [-0.3, -0.25) is 14.3 Å². The minimum Gasteiger partial charge on any atom is -0.394 e. The molecule has 0 saturated carbocycles. The highest BCUT2D eigenvalue weighted by molar-refractivity contribution is 5.42. The summed E-state index contributed by atoms with van der Waals surface area (Å²) in [4.78, 5) is 26.4. The molecule has 1 aliphatic heterocycles. The first-order valence-corrected chi connectivity index (χ1v) is 9.42. The van der Waals surface area contributed by atoms with E-state index in [9.17, 15) is 19.8 Å². The van der Waals surface area contributed by atoms with Crippen LogP contribution >= 0.6 is 0 Å². The summed E-state index contributed by atoms with van der Waals surface area (Å²) in [5.41, 5.74) is 0.914. The molecular formula is C21H24N2O5. The van der Waals surface area contributed by atoms with Gasteiger partial charge in [0, 0.05) is 18.2 Å². The number of aromatic nitrogens is 2. The predicted octanol–water partition coefficient (Wildman–Crippen LogP) is 0.920. The Morgan fingerprint density at radius 3 is 2.64 bits per heavy atom. The molecule has 0 bridgehead atoms. The SMILES string of the molecule is CCCCc1ccc(C#Cc2cn([C@H]3C[C@H](O)[C@@H](CO)O3)c(=O)[nH]c2=O)cc1. The first-order chi connectivity index (χ1) is 13.5. The molecule has 148 valence electrons. The fourth-order valence-corrected chi connectivity index (χ4v) is 3.11. The molecule has 0 unspecified atom stereocenters. The van der Waals surface area contributed by atoms with Gasteiger partial charge in [-0.2, -0.15) is 0 Å². The van der Waals surface area contributed by atoms with Crippen LogP contribution in [0.25, 0.3) is 0 Å². The molecule has 1 aliphatic rings. The van der Waals surface area contributed by atoms with Gasteiger partial charge in [0.1, 0.15) is 17.9 Å². The highest BCUT2D eigenvalue weighted by atomic mass is 16.5. The number of rotatable bonds is 5. The van der Waals surface area contributed by atoms with Gasteiger partial charge in [-0.05, 0) is 30.5 Å². The van der Waals surface area contributed by atoms with E-state index in [1.807, 2.05) is 24.3 Å². The van der Waals surface area contributed by atoms with Crippen molar-refractivity contribution in [1.29, 1.82) is 0 Å². The van der Waals surface area contributed by atoms with Gasteiger partial charge in [0.05, 0.1) is 12.7 Å². The zero-order valence-electron chi connectivity index (χ0n) is 15.7. The maximum Gasteiger partial charge on any atom is 0.330 e. The third kappa shape index (κ3) is 4.60. The molecule has 1 saturated heterocycles. The van der Waals surface area contributed by atoms with Gasteiger partial charge in [0.2, 0.25) is 0 Å². The summed E-state index contributed by atoms with van der Waals surface area (Å²) >= 11 is 0. The standard InChI is InChI=1S/C21H24N2O5/c1-2-3-4-14-5-7-15(8-6-14)9-10-16-12-23(21(27)22-20(16)26)19-11-17(25)18(13-24)28-19/h5-8,12,17-19,24-25H,2-4,11,13H2,1H3,(H,22,26,27)/t17-,18+,19+/m0/s1. The van der Waals surface area contributed by atoms with E-state index in [0.29, 0.717) is 0 Å². The van der Waals surface area contributed by atoms with Gasteiger partial charge >= 0.3 is 5.69 Å². The van der Waals surface area contributed by atoms with Gasteiger partial charge in [0.25, 0.3) is 5.56 Å². The molecule has 3 rings (SSSR count). The van der Waals surface area contributed by atoms with Crippen LogP contribution in [0.15, 0.2) is 40.1 Å². The first-order valence-electron chi connectivity index (χ1n) is 9.42. The number of nitrogens with one attached hydrogen (secondary N) is 1. The summed E-state index contributed by atoms with van der Waals surface area (Å²) in [5, 5.41) is 19.1. The smallest absolute Gasteiger partial charge is 0.330 e. The molecule has 1 aromatic carbocycles. The summed E-state index contributed by atoms with van der Waals surface area (Å²) in [6.45, 7) is 1.80. The van der Waals surface area contributed by atoms with Crippen LogP contribution in [-0.4, -0.2) is 38.6 Å². The molecule has 1 fully saturated rings. The van der Waals surface area contributed by atoms with E-state index in [0.717, 1.165) is 24.8 Å². The van der Waals surface area contributed by atoms with Crippen LogP contribution in [0.2, 0.25) is 0 Å². The molecule has 3 atom stereocenters. The largest absolute Gasteiger partial charge is 0.394 e. The Kier molecular flexibility index (Phi) is 6.47. The third-order valence-corrected chi connectivity index (χ3v) is 4.78. The molecule has 2 heterocycles. The van der Waals surface area contributed by atoms with Crippen molar-refractivity contribution in [3.05, 3.63) is 68.0 Å². The van der Waals surface area contributed by atoms with Crippen molar-refractivity contribution in [3.8, 4) is 11.8 Å². The van der Waals surface area contributed by atoms with Crippen LogP contribution in [0.1, 0.15) is 49.1 Å². The highest BCUT2D eigenvalue weighted by Crippen LogP contribution is 2.27. The van der Waals surface area contributed by atoms with E-state index in [4.69, 9.17) is 4.74 Å². The van der Waals surface area contributed by atoms with Crippen molar-refractivity contribution in [2.45, 2.75) is 51.0 Å². The molecule has 7 heteroatoms. The second-order valence-electron chi connectivity index (χ2n) is 6.87. The van der Waals surface area contributed by atoms with E-state index >= 15 is 0 Å². The topological polar surface area (TPSA) is 105 Å². The molecule has 0 amide bonds. The molecule has 28 heavy (non-hydrogen) atoms. The number of hydrogen-bond acceptors (Lipinski definition) is 5. The number of unbranched alkanes of at least 4 members (excludes halogenated alkanes) is 1. The average Bonchev–Trinajstić information content (AvgIpc) is 3.07. The molecule has 1 aromatic heterocycles. The Morgan fingerprint density at radius 2 is 2.00 bits per heavy atom.